The molecule has 5 atom stereocenters. The summed E-state index contributed by atoms with van der Waals surface area (Å²) in [5.74, 6) is -2.48. The van der Waals surface area contributed by atoms with Crippen molar-refractivity contribution in [2.75, 3.05) is 19.8 Å². The Kier molecular flexibility index (Phi) is 35.8. The SMILES string of the molecule is CCCCCCCC/C=C\CCCCCCCC(=O)OCC(COP(=O)(O)OCC(N)C(=O)O)OC(=O)CCCCCCC/C=C\CC(O)C(O)CCCCC. The lowest BCUT2D eigenvalue weighted by atomic mass is 10.0. The third-order valence-corrected chi connectivity index (χ3v) is 10.3. The minimum atomic E-state index is -4.74. The number of phosphoric acid groups is 1. The number of carboxylic acid groups (broad SMARTS) is 1. The fourth-order valence-corrected chi connectivity index (χ4v) is 6.57. The number of aliphatic hydroxyl groups is 2. The average molecular weight is 820 g/mol. The number of rotatable bonds is 40. The lowest BCUT2D eigenvalue weighted by Gasteiger charge is -2.20. The minimum Gasteiger partial charge on any atom is -0.480 e. The van der Waals surface area contributed by atoms with E-state index in [1.165, 1.54) is 38.5 Å². The highest BCUT2D eigenvalue weighted by Crippen LogP contribution is 2.43. The molecule has 0 fully saturated rings. The van der Waals surface area contributed by atoms with Gasteiger partial charge in [-0.3, -0.25) is 23.4 Å². The molecule has 0 aliphatic heterocycles. The van der Waals surface area contributed by atoms with Crippen molar-refractivity contribution in [2.24, 2.45) is 5.73 Å². The van der Waals surface area contributed by atoms with E-state index < -0.39 is 63.3 Å². The molecule has 0 saturated heterocycles. The molecule has 0 saturated carbocycles. The van der Waals surface area contributed by atoms with Crippen LogP contribution in [0.3, 0.4) is 0 Å². The van der Waals surface area contributed by atoms with Crippen LogP contribution in [0.2, 0.25) is 0 Å². The average Bonchev–Trinajstić information content (AvgIpc) is 3.17. The Morgan fingerprint density at radius 2 is 1.07 bits per heavy atom. The van der Waals surface area contributed by atoms with Crippen molar-refractivity contribution in [1.82, 2.24) is 0 Å². The number of hydrogen-bond acceptors (Lipinski definition) is 11. The number of esters is 2. The molecule has 0 heterocycles. The largest absolute Gasteiger partial charge is 0.480 e. The Balaban J connectivity index is 4.47. The first-order valence-electron chi connectivity index (χ1n) is 21.5. The highest BCUT2D eigenvalue weighted by atomic mass is 31.2. The van der Waals surface area contributed by atoms with Gasteiger partial charge in [0.15, 0.2) is 6.10 Å². The highest BCUT2D eigenvalue weighted by Gasteiger charge is 2.28. The van der Waals surface area contributed by atoms with Crippen LogP contribution >= 0.6 is 7.82 Å². The van der Waals surface area contributed by atoms with Crippen LogP contribution in [-0.2, 0) is 37.5 Å². The van der Waals surface area contributed by atoms with Gasteiger partial charge in [-0.05, 0) is 64.2 Å². The number of hydrogen-bond donors (Lipinski definition) is 5. The Hall–Kier alpha value is -2.12. The molecule has 56 heavy (non-hydrogen) atoms. The number of carboxylic acids is 1. The van der Waals surface area contributed by atoms with Crippen molar-refractivity contribution in [3.05, 3.63) is 24.3 Å². The van der Waals surface area contributed by atoms with Crippen LogP contribution in [-0.4, -0.2) is 82.3 Å². The molecule has 13 nitrogen and oxygen atoms in total. The van der Waals surface area contributed by atoms with Crippen molar-refractivity contribution in [2.45, 2.75) is 205 Å². The van der Waals surface area contributed by atoms with E-state index >= 15 is 0 Å². The standard InChI is InChI=1S/C42H78NO12P/c1-3-5-7-8-9-10-11-12-13-14-15-16-20-23-27-31-40(46)52-33-36(34-53-56(50,51)54-35-37(43)42(48)49)55-41(47)32-28-24-21-18-17-19-22-26-30-39(45)38(44)29-25-6-4-2/h12-13,22,26,36-39,44-45H,3-11,14-21,23-25,27-35,43H2,1-2H3,(H,48,49)(H,50,51)/b13-12-,26-22-. The molecule has 0 radical (unpaired) electrons. The van der Waals surface area contributed by atoms with Crippen molar-refractivity contribution < 1.29 is 57.7 Å². The van der Waals surface area contributed by atoms with Gasteiger partial charge in [-0.2, -0.15) is 0 Å². The zero-order valence-electron chi connectivity index (χ0n) is 34.7. The van der Waals surface area contributed by atoms with Gasteiger partial charge in [0.2, 0.25) is 0 Å². The van der Waals surface area contributed by atoms with Crippen LogP contribution in [0.25, 0.3) is 0 Å². The van der Waals surface area contributed by atoms with Crippen LogP contribution in [0.1, 0.15) is 181 Å². The summed E-state index contributed by atoms with van der Waals surface area (Å²) >= 11 is 0. The summed E-state index contributed by atoms with van der Waals surface area (Å²) in [6, 6.07) is -1.54. The third-order valence-electron chi connectivity index (χ3n) is 9.37. The summed E-state index contributed by atoms with van der Waals surface area (Å²) in [5, 5.41) is 29.0. The molecule has 5 unspecified atom stereocenters. The summed E-state index contributed by atoms with van der Waals surface area (Å²) in [4.78, 5) is 45.9. The highest BCUT2D eigenvalue weighted by molar-refractivity contribution is 7.47. The van der Waals surface area contributed by atoms with Crippen molar-refractivity contribution in [3.63, 3.8) is 0 Å². The zero-order chi connectivity index (χ0) is 41.7. The predicted molar refractivity (Wildman–Crippen MR) is 220 cm³/mol. The summed E-state index contributed by atoms with van der Waals surface area (Å²) in [7, 11) is -4.74. The van der Waals surface area contributed by atoms with E-state index in [4.69, 9.17) is 24.8 Å². The van der Waals surface area contributed by atoms with Crippen LogP contribution < -0.4 is 5.73 Å². The molecule has 0 aromatic carbocycles. The number of phosphoric ester groups is 1. The second kappa shape index (κ2) is 37.2. The van der Waals surface area contributed by atoms with Crippen LogP contribution in [0.4, 0.5) is 0 Å². The van der Waals surface area contributed by atoms with Crippen LogP contribution in [0, 0.1) is 0 Å². The Labute approximate surface area is 337 Å². The first-order chi connectivity index (χ1) is 26.9. The van der Waals surface area contributed by atoms with Gasteiger partial charge in [0.05, 0.1) is 25.4 Å². The number of ether oxygens (including phenoxy) is 2. The monoisotopic (exact) mass is 820 g/mol. The fraction of sp³-hybridized carbons (Fsp3) is 0.833. The Morgan fingerprint density at radius 1 is 0.607 bits per heavy atom. The molecular formula is C42H78NO12P. The van der Waals surface area contributed by atoms with Gasteiger partial charge >= 0.3 is 25.7 Å². The molecule has 0 rings (SSSR count). The van der Waals surface area contributed by atoms with Gasteiger partial charge in [-0.15, -0.1) is 0 Å². The van der Waals surface area contributed by atoms with Crippen molar-refractivity contribution >= 4 is 25.7 Å². The predicted octanol–water partition coefficient (Wildman–Crippen LogP) is 9.00. The molecule has 0 aromatic heterocycles. The van der Waals surface area contributed by atoms with Crippen LogP contribution in [0.5, 0.6) is 0 Å². The fourth-order valence-electron chi connectivity index (χ4n) is 5.79. The van der Waals surface area contributed by atoms with E-state index in [0.29, 0.717) is 25.7 Å². The van der Waals surface area contributed by atoms with E-state index in [9.17, 15) is 34.1 Å². The lowest BCUT2D eigenvalue weighted by molar-refractivity contribution is -0.161. The molecule has 0 spiro atoms. The summed E-state index contributed by atoms with van der Waals surface area (Å²) in [6.45, 7) is 2.55. The number of allylic oxidation sites excluding steroid dienone is 3. The molecule has 0 aromatic rings. The molecule has 0 amide bonds. The number of aliphatic carboxylic acids is 1. The van der Waals surface area contributed by atoms with E-state index in [1.54, 1.807) is 0 Å². The number of carbonyl (C=O) groups is 3. The van der Waals surface area contributed by atoms with Gasteiger partial charge < -0.3 is 35.4 Å². The molecule has 6 N–H and O–H groups in total. The van der Waals surface area contributed by atoms with E-state index in [1.807, 2.05) is 12.2 Å². The maximum absolute atomic E-state index is 12.6. The second-order valence-electron chi connectivity index (χ2n) is 14.8. The smallest absolute Gasteiger partial charge is 0.472 e. The van der Waals surface area contributed by atoms with Crippen LogP contribution in [0.15, 0.2) is 24.3 Å². The zero-order valence-corrected chi connectivity index (χ0v) is 35.6. The maximum Gasteiger partial charge on any atom is 0.472 e. The Bertz CT molecular complexity index is 1090. The van der Waals surface area contributed by atoms with E-state index in [2.05, 4.69) is 30.5 Å². The third kappa shape index (κ3) is 35.1. The number of nitrogens with two attached hydrogens (primary N) is 1. The van der Waals surface area contributed by atoms with Gasteiger partial charge in [-0.1, -0.05) is 128 Å². The Morgan fingerprint density at radius 3 is 1.62 bits per heavy atom. The minimum absolute atomic E-state index is 0.0957. The molecule has 0 aliphatic rings. The lowest BCUT2D eigenvalue weighted by Crippen LogP contribution is -2.34. The summed E-state index contributed by atoms with van der Waals surface area (Å²) in [5.41, 5.74) is 5.32. The first-order valence-corrected chi connectivity index (χ1v) is 23.0. The van der Waals surface area contributed by atoms with Crippen molar-refractivity contribution in [1.29, 1.82) is 0 Å². The molecule has 14 heteroatoms. The van der Waals surface area contributed by atoms with Gasteiger partial charge in [0.1, 0.15) is 12.6 Å². The van der Waals surface area contributed by atoms with Gasteiger partial charge in [-0.25, -0.2) is 4.57 Å². The molecular weight excluding hydrogens is 741 g/mol. The summed E-state index contributed by atoms with van der Waals surface area (Å²) in [6.07, 6.45) is 30.1. The van der Waals surface area contributed by atoms with Crippen molar-refractivity contribution in [3.8, 4) is 0 Å². The quantitative estimate of drug-likeness (QED) is 0.0169. The number of carbonyl (C=O) groups excluding carboxylic acids is 2. The van der Waals surface area contributed by atoms with E-state index in [0.717, 1.165) is 89.9 Å². The van der Waals surface area contributed by atoms with E-state index in [-0.39, 0.29) is 19.4 Å². The summed E-state index contributed by atoms with van der Waals surface area (Å²) < 4.78 is 32.6. The van der Waals surface area contributed by atoms with Gasteiger partial charge in [0, 0.05) is 12.8 Å². The van der Waals surface area contributed by atoms with Gasteiger partial charge in [0.25, 0.3) is 0 Å². The second-order valence-corrected chi connectivity index (χ2v) is 16.2. The molecule has 0 aliphatic carbocycles. The number of unbranched alkanes of at least 4 members (excludes halogenated alkanes) is 18. The normalized spacial score (nSPS) is 15.1. The first kappa shape index (κ1) is 53.9. The molecule has 328 valence electrons. The topological polar surface area (TPSA) is 212 Å². The maximum atomic E-state index is 12.6. The molecule has 0 bridgehead atoms. The number of aliphatic hydroxyl groups excluding tert-OH is 2.